The van der Waals surface area contributed by atoms with Gasteiger partial charge >= 0.3 is 0 Å². The van der Waals surface area contributed by atoms with Crippen molar-refractivity contribution < 1.29 is 4.74 Å². The van der Waals surface area contributed by atoms with Gasteiger partial charge in [-0.3, -0.25) is 0 Å². The molecule has 3 atom stereocenters. The van der Waals surface area contributed by atoms with Gasteiger partial charge in [0.2, 0.25) is 0 Å². The Morgan fingerprint density at radius 1 is 1.43 bits per heavy atom. The fourth-order valence-electron chi connectivity index (χ4n) is 3.77. The number of anilines is 1. The van der Waals surface area contributed by atoms with E-state index in [0.29, 0.717) is 17.9 Å². The van der Waals surface area contributed by atoms with E-state index in [1.165, 1.54) is 50.0 Å². The monoisotopic (exact) mass is 291 g/mol. The van der Waals surface area contributed by atoms with Crippen LogP contribution in [0.25, 0.3) is 0 Å². The molecule has 0 bridgehead atoms. The van der Waals surface area contributed by atoms with Gasteiger partial charge in [-0.05, 0) is 25.7 Å². The topological polar surface area (TPSA) is 39.1 Å². The second-order valence-electron chi connectivity index (χ2n) is 6.55. The predicted octanol–water partition coefficient (Wildman–Crippen LogP) is 3.96. The van der Waals surface area contributed by atoms with Crippen molar-refractivity contribution in [2.45, 2.75) is 64.3 Å². The summed E-state index contributed by atoms with van der Waals surface area (Å²) in [5.74, 6) is 2.49. The summed E-state index contributed by atoms with van der Waals surface area (Å²) in [4.78, 5) is 0. The molecule has 1 fully saturated rings. The number of nitrogens with zero attached hydrogens (tertiary/aromatic N) is 2. The highest BCUT2D eigenvalue weighted by Crippen LogP contribution is 2.36. The molecule has 1 aromatic rings. The molecule has 3 rings (SSSR count). The van der Waals surface area contributed by atoms with E-state index >= 15 is 0 Å². The van der Waals surface area contributed by atoms with Gasteiger partial charge in [-0.25, -0.2) is 4.68 Å². The molecular weight excluding hydrogens is 262 g/mol. The fraction of sp³-hybridized carbons (Fsp3) is 0.824. The SMILES string of the molecule is CCCCC(CC)c1cc2n(n1)C(C1CCOC1)CCN2. The van der Waals surface area contributed by atoms with Crippen molar-refractivity contribution in [3.63, 3.8) is 0 Å². The minimum atomic E-state index is 0.529. The predicted molar refractivity (Wildman–Crippen MR) is 85.9 cm³/mol. The van der Waals surface area contributed by atoms with Crippen LogP contribution in [0.1, 0.15) is 70.0 Å². The van der Waals surface area contributed by atoms with Crippen molar-refractivity contribution in [3.8, 4) is 0 Å². The first-order valence-corrected chi connectivity index (χ1v) is 8.74. The zero-order chi connectivity index (χ0) is 14.7. The highest BCUT2D eigenvalue weighted by molar-refractivity contribution is 5.40. The normalized spacial score (nSPS) is 26.4. The Hall–Kier alpha value is -1.03. The summed E-state index contributed by atoms with van der Waals surface area (Å²) < 4.78 is 7.86. The van der Waals surface area contributed by atoms with Crippen molar-refractivity contribution in [2.24, 2.45) is 5.92 Å². The second kappa shape index (κ2) is 6.82. The van der Waals surface area contributed by atoms with Crippen LogP contribution in [-0.2, 0) is 4.74 Å². The average Bonchev–Trinajstić information content (AvgIpc) is 3.17. The van der Waals surface area contributed by atoms with Gasteiger partial charge in [0.05, 0.1) is 18.3 Å². The summed E-state index contributed by atoms with van der Waals surface area (Å²) in [5, 5.41) is 8.53. The first-order chi connectivity index (χ1) is 10.3. The molecule has 0 spiro atoms. The minimum absolute atomic E-state index is 0.529. The van der Waals surface area contributed by atoms with Crippen molar-refractivity contribution in [3.05, 3.63) is 11.8 Å². The Kier molecular flexibility index (Phi) is 4.84. The van der Waals surface area contributed by atoms with E-state index in [1.807, 2.05) is 0 Å². The van der Waals surface area contributed by atoms with Crippen LogP contribution < -0.4 is 5.32 Å². The molecule has 1 aromatic heterocycles. The Balaban J connectivity index is 1.79. The van der Waals surface area contributed by atoms with E-state index in [9.17, 15) is 0 Å². The standard InChI is InChI=1S/C17H29N3O/c1-3-5-6-13(4-2)15-11-17-18-9-7-16(20(17)19-15)14-8-10-21-12-14/h11,13-14,16,18H,3-10,12H2,1-2H3. The van der Waals surface area contributed by atoms with Gasteiger partial charge in [0, 0.05) is 31.1 Å². The molecule has 4 heteroatoms. The van der Waals surface area contributed by atoms with E-state index in [0.717, 1.165) is 19.8 Å². The molecule has 21 heavy (non-hydrogen) atoms. The van der Waals surface area contributed by atoms with E-state index in [-0.39, 0.29) is 0 Å². The number of nitrogens with one attached hydrogen (secondary N) is 1. The molecule has 2 aliphatic rings. The molecule has 1 N–H and O–H groups in total. The van der Waals surface area contributed by atoms with Gasteiger partial charge in [-0.2, -0.15) is 5.10 Å². The molecule has 0 radical (unpaired) electrons. The third kappa shape index (κ3) is 3.10. The van der Waals surface area contributed by atoms with Gasteiger partial charge in [-0.15, -0.1) is 0 Å². The van der Waals surface area contributed by atoms with E-state index in [4.69, 9.17) is 9.84 Å². The number of aromatic nitrogens is 2. The molecule has 0 amide bonds. The zero-order valence-corrected chi connectivity index (χ0v) is 13.5. The highest BCUT2D eigenvalue weighted by atomic mass is 16.5. The van der Waals surface area contributed by atoms with Gasteiger partial charge < -0.3 is 10.1 Å². The third-order valence-corrected chi connectivity index (χ3v) is 5.14. The first-order valence-electron chi connectivity index (χ1n) is 8.74. The number of unbranched alkanes of at least 4 members (excludes halogenated alkanes) is 1. The lowest BCUT2D eigenvalue weighted by molar-refractivity contribution is 0.167. The molecule has 0 saturated carbocycles. The molecule has 0 aliphatic carbocycles. The van der Waals surface area contributed by atoms with E-state index in [1.54, 1.807) is 0 Å². The van der Waals surface area contributed by atoms with Gasteiger partial charge in [0.15, 0.2) is 0 Å². The van der Waals surface area contributed by atoms with Gasteiger partial charge in [0.1, 0.15) is 5.82 Å². The number of hydrogen-bond acceptors (Lipinski definition) is 3. The molecule has 3 heterocycles. The molecule has 0 aromatic carbocycles. The summed E-state index contributed by atoms with van der Waals surface area (Å²) in [7, 11) is 0. The lowest BCUT2D eigenvalue weighted by Gasteiger charge is -2.29. The van der Waals surface area contributed by atoms with Crippen LogP contribution in [0.3, 0.4) is 0 Å². The van der Waals surface area contributed by atoms with Gasteiger partial charge in [-0.1, -0.05) is 26.7 Å². The van der Waals surface area contributed by atoms with Gasteiger partial charge in [0.25, 0.3) is 0 Å². The Bertz CT molecular complexity index is 451. The lowest BCUT2D eigenvalue weighted by atomic mass is 9.95. The fourth-order valence-corrected chi connectivity index (χ4v) is 3.77. The minimum Gasteiger partial charge on any atom is -0.381 e. The van der Waals surface area contributed by atoms with E-state index < -0.39 is 0 Å². The summed E-state index contributed by atoms with van der Waals surface area (Å²) in [6, 6.07) is 2.83. The quantitative estimate of drug-likeness (QED) is 0.862. The maximum atomic E-state index is 5.59. The summed E-state index contributed by atoms with van der Waals surface area (Å²) in [5.41, 5.74) is 1.29. The first kappa shape index (κ1) is 14.9. The maximum Gasteiger partial charge on any atom is 0.124 e. The number of fused-ring (bicyclic) bond motifs is 1. The average molecular weight is 291 g/mol. The molecular formula is C17H29N3O. The molecule has 3 unspecified atom stereocenters. The summed E-state index contributed by atoms with van der Waals surface area (Å²) in [6.45, 7) is 7.45. The van der Waals surface area contributed by atoms with Crippen LogP contribution in [-0.4, -0.2) is 29.5 Å². The van der Waals surface area contributed by atoms with E-state index in [2.05, 4.69) is 29.9 Å². The molecule has 118 valence electrons. The largest absolute Gasteiger partial charge is 0.381 e. The Labute approximate surface area is 128 Å². The zero-order valence-electron chi connectivity index (χ0n) is 13.5. The second-order valence-corrected chi connectivity index (χ2v) is 6.55. The molecule has 1 saturated heterocycles. The Morgan fingerprint density at radius 2 is 2.33 bits per heavy atom. The van der Waals surface area contributed by atoms with Crippen LogP contribution in [0.4, 0.5) is 5.82 Å². The van der Waals surface area contributed by atoms with Crippen LogP contribution in [0.5, 0.6) is 0 Å². The smallest absolute Gasteiger partial charge is 0.124 e. The highest BCUT2D eigenvalue weighted by Gasteiger charge is 2.32. The molecule has 2 aliphatic heterocycles. The number of rotatable bonds is 6. The van der Waals surface area contributed by atoms with Crippen LogP contribution >= 0.6 is 0 Å². The maximum absolute atomic E-state index is 5.59. The van der Waals surface area contributed by atoms with Crippen molar-refractivity contribution in [1.29, 1.82) is 0 Å². The van der Waals surface area contributed by atoms with Crippen molar-refractivity contribution >= 4 is 5.82 Å². The van der Waals surface area contributed by atoms with Crippen LogP contribution in [0.2, 0.25) is 0 Å². The lowest BCUT2D eigenvalue weighted by Crippen LogP contribution is -2.29. The molecule has 4 nitrogen and oxygen atoms in total. The van der Waals surface area contributed by atoms with Crippen molar-refractivity contribution in [2.75, 3.05) is 25.1 Å². The summed E-state index contributed by atoms with van der Waals surface area (Å²) in [6.07, 6.45) is 7.38. The Morgan fingerprint density at radius 3 is 3.05 bits per heavy atom. The van der Waals surface area contributed by atoms with Crippen molar-refractivity contribution in [1.82, 2.24) is 9.78 Å². The number of ether oxygens (including phenoxy) is 1. The summed E-state index contributed by atoms with van der Waals surface area (Å²) >= 11 is 0. The van der Waals surface area contributed by atoms with Crippen LogP contribution in [0.15, 0.2) is 6.07 Å². The van der Waals surface area contributed by atoms with Crippen LogP contribution in [0, 0.1) is 5.92 Å². The number of hydrogen-bond donors (Lipinski definition) is 1. The third-order valence-electron chi connectivity index (χ3n) is 5.14.